The normalized spacial score (nSPS) is 15.9. The van der Waals surface area contributed by atoms with E-state index in [-0.39, 0.29) is 6.17 Å². The average Bonchev–Trinajstić information content (AvgIpc) is 3.03. The van der Waals surface area contributed by atoms with Crippen molar-refractivity contribution < 1.29 is 0 Å². The Labute approximate surface area is 161 Å². The van der Waals surface area contributed by atoms with Crippen LogP contribution in [0.3, 0.4) is 0 Å². The molecule has 0 N–H and O–H groups in total. The molecule has 1 unspecified atom stereocenters. The molecule has 0 aliphatic carbocycles. The molecule has 0 saturated carbocycles. The Kier molecular flexibility index (Phi) is 4.80. The summed E-state index contributed by atoms with van der Waals surface area (Å²) in [6.45, 7) is 6.62. The zero-order chi connectivity index (χ0) is 18.8. The van der Waals surface area contributed by atoms with Crippen LogP contribution in [0.5, 0.6) is 0 Å². The van der Waals surface area contributed by atoms with Gasteiger partial charge in [-0.05, 0) is 43.0 Å². The lowest BCUT2D eigenvalue weighted by atomic mass is 10.1. The molecule has 0 bridgehead atoms. The number of anilines is 4. The van der Waals surface area contributed by atoms with E-state index in [4.69, 9.17) is 9.97 Å². The summed E-state index contributed by atoms with van der Waals surface area (Å²) in [6.07, 6.45) is 6.88. The Morgan fingerprint density at radius 2 is 1.41 bits per heavy atom. The van der Waals surface area contributed by atoms with Crippen molar-refractivity contribution in [3.05, 3.63) is 72.1 Å². The highest BCUT2D eigenvalue weighted by molar-refractivity contribution is 5.84. The average molecular weight is 358 g/mol. The Morgan fingerprint density at radius 3 is 2.04 bits per heavy atom. The number of aromatic nitrogens is 2. The highest BCUT2D eigenvalue weighted by Crippen LogP contribution is 2.47. The summed E-state index contributed by atoms with van der Waals surface area (Å²) < 4.78 is 0. The molecule has 2 aromatic carbocycles. The largest absolute Gasteiger partial charge is 0.302 e. The second-order valence-electron chi connectivity index (χ2n) is 7.00. The molecule has 4 nitrogen and oxygen atoms in total. The Balaban J connectivity index is 1.90. The third-order valence-corrected chi connectivity index (χ3v) is 5.22. The van der Waals surface area contributed by atoms with Crippen LogP contribution in [0.15, 0.2) is 60.9 Å². The first-order chi connectivity index (χ1) is 13.3. The lowest BCUT2D eigenvalue weighted by molar-refractivity contribution is 0.659. The number of fused-ring (bicyclic) bond motifs is 1. The lowest BCUT2D eigenvalue weighted by Crippen LogP contribution is -2.38. The molecule has 1 aliphatic rings. The Morgan fingerprint density at radius 1 is 0.815 bits per heavy atom. The summed E-state index contributed by atoms with van der Waals surface area (Å²) >= 11 is 0. The molecule has 1 aliphatic heterocycles. The van der Waals surface area contributed by atoms with Crippen molar-refractivity contribution in [2.75, 3.05) is 9.80 Å². The van der Waals surface area contributed by atoms with E-state index in [1.165, 1.54) is 22.5 Å². The van der Waals surface area contributed by atoms with Crippen LogP contribution in [-0.4, -0.2) is 16.1 Å². The van der Waals surface area contributed by atoms with E-state index in [0.717, 1.165) is 30.9 Å². The molecular weight excluding hydrogens is 332 g/mol. The highest BCUT2D eigenvalue weighted by atomic mass is 15.5. The number of aryl methyl sites for hydroxylation is 2. The maximum absolute atomic E-state index is 4.74. The smallest absolute Gasteiger partial charge is 0.178 e. The molecule has 138 valence electrons. The maximum atomic E-state index is 4.74. The van der Waals surface area contributed by atoms with Gasteiger partial charge in [-0.25, -0.2) is 9.97 Å². The summed E-state index contributed by atoms with van der Waals surface area (Å²) in [5.74, 6) is 1.88. The molecule has 4 heteroatoms. The predicted molar refractivity (Wildman–Crippen MR) is 112 cm³/mol. The number of nitrogens with zero attached hydrogens (tertiary/aromatic N) is 4. The minimum atomic E-state index is 0.154. The number of rotatable bonds is 5. The predicted octanol–water partition coefficient (Wildman–Crippen LogP) is 5.76. The van der Waals surface area contributed by atoms with Crippen molar-refractivity contribution in [1.29, 1.82) is 0 Å². The van der Waals surface area contributed by atoms with Crippen molar-refractivity contribution in [2.24, 2.45) is 0 Å². The minimum absolute atomic E-state index is 0.154. The summed E-state index contributed by atoms with van der Waals surface area (Å²) in [6, 6.07) is 17.2. The fraction of sp³-hybridized carbons (Fsp3) is 0.304. The maximum Gasteiger partial charge on any atom is 0.178 e. The second kappa shape index (κ2) is 7.39. The van der Waals surface area contributed by atoms with Gasteiger partial charge in [-0.2, -0.15) is 0 Å². The van der Waals surface area contributed by atoms with E-state index in [2.05, 4.69) is 79.1 Å². The zero-order valence-corrected chi connectivity index (χ0v) is 16.3. The standard InChI is InChI=1S/C23H26N4/c1-4-10-18-12-7-9-14-20(18)27-21(5-2)26(19-13-8-6-11-17(19)3)22-23(27)25-16-15-24-22/h6-9,11-16,21H,4-5,10H2,1-3H3. The van der Waals surface area contributed by atoms with Crippen LogP contribution in [0, 0.1) is 6.92 Å². The Hall–Kier alpha value is -2.88. The van der Waals surface area contributed by atoms with E-state index in [1.807, 2.05) is 0 Å². The summed E-state index contributed by atoms with van der Waals surface area (Å²) in [5, 5.41) is 0. The molecule has 3 aromatic rings. The van der Waals surface area contributed by atoms with Crippen LogP contribution >= 0.6 is 0 Å². The van der Waals surface area contributed by atoms with Gasteiger partial charge in [-0.15, -0.1) is 0 Å². The first-order valence-electron chi connectivity index (χ1n) is 9.79. The molecule has 0 spiro atoms. The number of hydrogen-bond donors (Lipinski definition) is 0. The molecule has 0 fully saturated rings. The van der Waals surface area contributed by atoms with Crippen LogP contribution in [0.1, 0.15) is 37.8 Å². The SMILES string of the molecule is CCCc1ccccc1N1c2nccnc2N(c2ccccc2C)C1CC. The van der Waals surface area contributed by atoms with Crippen molar-refractivity contribution in [3.8, 4) is 0 Å². The summed E-state index contributed by atoms with van der Waals surface area (Å²) in [4.78, 5) is 14.2. The topological polar surface area (TPSA) is 32.3 Å². The second-order valence-corrected chi connectivity index (χ2v) is 7.00. The fourth-order valence-electron chi connectivity index (χ4n) is 4.04. The van der Waals surface area contributed by atoms with E-state index in [9.17, 15) is 0 Å². The van der Waals surface area contributed by atoms with Gasteiger partial charge in [0, 0.05) is 23.8 Å². The van der Waals surface area contributed by atoms with Crippen LogP contribution in [0.2, 0.25) is 0 Å². The number of benzene rings is 2. The van der Waals surface area contributed by atoms with Gasteiger partial charge in [0.2, 0.25) is 0 Å². The highest BCUT2D eigenvalue weighted by Gasteiger charge is 2.39. The van der Waals surface area contributed by atoms with Crippen molar-refractivity contribution in [2.45, 2.75) is 46.2 Å². The monoisotopic (exact) mass is 358 g/mol. The lowest BCUT2D eigenvalue weighted by Gasteiger charge is -2.33. The summed E-state index contributed by atoms with van der Waals surface area (Å²) in [7, 11) is 0. The first-order valence-corrected chi connectivity index (χ1v) is 9.79. The fourth-order valence-corrected chi connectivity index (χ4v) is 4.04. The summed E-state index contributed by atoms with van der Waals surface area (Å²) in [5.41, 5.74) is 5.04. The van der Waals surface area contributed by atoms with Crippen LogP contribution in [-0.2, 0) is 6.42 Å². The quantitative estimate of drug-likeness (QED) is 0.580. The van der Waals surface area contributed by atoms with Gasteiger partial charge in [-0.3, -0.25) is 0 Å². The molecule has 2 heterocycles. The van der Waals surface area contributed by atoms with E-state index in [0.29, 0.717) is 0 Å². The van der Waals surface area contributed by atoms with Crippen LogP contribution in [0.4, 0.5) is 23.0 Å². The van der Waals surface area contributed by atoms with Crippen molar-refractivity contribution in [3.63, 3.8) is 0 Å². The third-order valence-electron chi connectivity index (χ3n) is 5.22. The van der Waals surface area contributed by atoms with E-state index < -0.39 is 0 Å². The van der Waals surface area contributed by atoms with Gasteiger partial charge in [0.25, 0.3) is 0 Å². The third kappa shape index (κ3) is 2.95. The van der Waals surface area contributed by atoms with E-state index >= 15 is 0 Å². The van der Waals surface area contributed by atoms with Crippen molar-refractivity contribution >= 4 is 23.0 Å². The Bertz CT molecular complexity index is 937. The van der Waals surface area contributed by atoms with Gasteiger partial charge in [0.15, 0.2) is 11.6 Å². The molecule has 0 amide bonds. The number of para-hydroxylation sites is 2. The molecule has 0 saturated heterocycles. The van der Waals surface area contributed by atoms with Gasteiger partial charge >= 0.3 is 0 Å². The zero-order valence-electron chi connectivity index (χ0n) is 16.3. The number of hydrogen-bond acceptors (Lipinski definition) is 4. The minimum Gasteiger partial charge on any atom is -0.302 e. The molecular formula is C23H26N4. The molecule has 1 atom stereocenters. The van der Waals surface area contributed by atoms with Gasteiger partial charge in [0.05, 0.1) is 0 Å². The van der Waals surface area contributed by atoms with Crippen molar-refractivity contribution in [1.82, 2.24) is 9.97 Å². The van der Waals surface area contributed by atoms with E-state index in [1.54, 1.807) is 12.4 Å². The molecule has 27 heavy (non-hydrogen) atoms. The first kappa shape index (κ1) is 17.5. The van der Waals surface area contributed by atoms with Crippen LogP contribution in [0.25, 0.3) is 0 Å². The van der Waals surface area contributed by atoms with Crippen LogP contribution < -0.4 is 9.80 Å². The van der Waals surface area contributed by atoms with Gasteiger partial charge < -0.3 is 9.80 Å². The van der Waals surface area contributed by atoms with Gasteiger partial charge in [-0.1, -0.05) is 56.7 Å². The molecule has 1 aromatic heterocycles. The molecule has 4 rings (SSSR count). The molecule has 0 radical (unpaired) electrons. The van der Waals surface area contributed by atoms with Gasteiger partial charge in [0.1, 0.15) is 6.17 Å².